The summed E-state index contributed by atoms with van der Waals surface area (Å²) in [5, 5.41) is 3.37. The largest absolute Gasteiger partial charge is 0.465 e. The van der Waals surface area contributed by atoms with Crippen LogP contribution in [0, 0.1) is 0 Å². The Balaban J connectivity index is 2.91. The maximum Gasteiger partial charge on any atom is 0.188 e. The van der Waals surface area contributed by atoms with E-state index in [-0.39, 0.29) is 6.79 Å². The average Bonchev–Trinajstić information content (AvgIpc) is 2.26. The van der Waals surface area contributed by atoms with Crippen LogP contribution in [-0.2, 0) is 4.74 Å². The van der Waals surface area contributed by atoms with Gasteiger partial charge in [-0.25, -0.2) is 0 Å². The zero-order valence-corrected chi connectivity index (χ0v) is 11.3. The molecule has 0 spiro atoms. The first-order valence-corrected chi connectivity index (χ1v) is 5.74. The third kappa shape index (κ3) is 4.15. The normalized spacial score (nSPS) is 10.5. The Bertz CT molecular complexity index is 351. The third-order valence-corrected chi connectivity index (χ3v) is 2.23. The highest BCUT2D eigenvalue weighted by Crippen LogP contribution is 2.30. The number of ether oxygens (including phenoxy) is 2. The standard InChI is InChI=1S/C13H22N2O2/c1-10(2)14-11-6-7-13(17-9-16-5)12(8-11)15(3)4/h6-8,10,14H,9H2,1-5H3. The van der Waals surface area contributed by atoms with Crippen LogP contribution < -0.4 is 15.0 Å². The minimum atomic E-state index is 0.262. The van der Waals surface area contributed by atoms with Gasteiger partial charge >= 0.3 is 0 Å². The summed E-state index contributed by atoms with van der Waals surface area (Å²) in [6, 6.07) is 6.46. The lowest BCUT2D eigenvalue weighted by Crippen LogP contribution is -2.14. The van der Waals surface area contributed by atoms with Gasteiger partial charge in [-0.15, -0.1) is 0 Å². The van der Waals surface area contributed by atoms with Crippen LogP contribution in [0.4, 0.5) is 11.4 Å². The van der Waals surface area contributed by atoms with Gasteiger partial charge in [-0.3, -0.25) is 0 Å². The first-order valence-electron chi connectivity index (χ1n) is 5.74. The molecule has 0 atom stereocenters. The Morgan fingerprint density at radius 3 is 2.53 bits per heavy atom. The number of nitrogens with one attached hydrogen (secondary N) is 1. The predicted octanol–water partition coefficient (Wildman–Crippen LogP) is 2.56. The van der Waals surface area contributed by atoms with Crippen molar-refractivity contribution in [3.63, 3.8) is 0 Å². The van der Waals surface area contributed by atoms with E-state index < -0.39 is 0 Å². The van der Waals surface area contributed by atoms with Crippen LogP contribution in [0.25, 0.3) is 0 Å². The Morgan fingerprint density at radius 1 is 1.29 bits per heavy atom. The zero-order chi connectivity index (χ0) is 12.8. The van der Waals surface area contributed by atoms with E-state index in [0.717, 1.165) is 17.1 Å². The molecular formula is C13H22N2O2. The van der Waals surface area contributed by atoms with Gasteiger partial charge in [0.2, 0.25) is 0 Å². The maximum absolute atomic E-state index is 5.52. The molecule has 0 fully saturated rings. The molecule has 0 heterocycles. The van der Waals surface area contributed by atoms with Crippen LogP contribution in [0.3, 0.4) is 0 Å². The van der Waals surface area contributed by atoms with Crippen molar-refractivity contribution < 1.29 is 9.47 Å². The summed E-state index contributed by atoms with van der Waals surface area (Å²) < 4.78 is 10.4. The second kappa shape index (κ2) is 6.35. The summed E-state index contributed by atoms with van der Waals surface area (Å²) in [4.78, 5) is 2.02. The quantitative estimate of drug-likeness (QED) is 0.772. The summed E-state index contributed by atoms with van der Waals surface area (Å²) >= 11 is 0. The van der Waals surface area contributed by atoms with Gasteiger partial charge in [0.05, 0.1) is 5.69 Å². The fourth-order valence-electron chi connectivity index (χ4n) is 1.53. The van der Waals surface area contributed by atoms with Crippen LogP contribution in [0.1, 0.15) is 13.8 Å². The second-order valence-corrected chi connectivity index (χ2v) is 4.43. The summed E-state index contributed by atoms with van der Waals surface area (Å²) in [6.45, 7) is 4.49. The molecule has 1 N–H and O–H groups in total. The molecule has 0 saturated heterocycles. The molecule has 1 rings (SSSR count). The van der Waals surface area contributed by atoms with Gasteiger partial charge in [0.1, 0.15) is 5.75 Å². The zero-order valence-electron chi connectivity index (χ0n) is 11.3. The molecule has 4 nitrogen and oxygen atoms in total. The highest BCUT2D eigenvalue weighted by Gasteiger charge is 2.07. The van der Waals surface area contributed by atoms with Crippen LogP contribution in [0.2, 0.25) is 0 Å². The molecule has 0 unspecified atom stereocenters. The van der Waals surface area contributed by atoms with Gasteiger partial charge in [0.15, 0.2) is 6.79 Å². The van der Waals surface area contributed by atoms with E-state index in [9.17, 15) is 0 Å². The topological polar surface area (TPSA) is 33.7 Å². The molecule has 1 aromatic rings. The van der Waals surface area contributed by atoms with E-state index in [1.807, 2.05) is 31.1 Å². The maximum atomic E-state index is 5.52. The van der Waals surface area contributed by atoms with Crippen molar-refractivity contribution >= 4 is 11.4 Å². The van der Waals surface area contributed by atoms with Crippen molar-refractivity contribution in [2.24, 2.45) is 0 Å². The van der Waals surface area contributed by atoms with Crippen LogP contribution in [-0.4, -0.2) is 34.0 Å². The predicted molar refractivity (Wildman–Crippen MR) is 72.0 cm³/mol. The van der Waals surface area contributed by atoms with E-state index in [2.05, 4.69) is 25.2 Å². The number of hydrogen-bond acceptors (Lipinski definition) is 4. The number of rotatable bonds is 6. The molecule has 0 radical (unpaired) electrons. The second-order valence-electron chi connectivity index (χ2n) is 4.43. The Hall–Kier alpha value is -1.42. The van der Waals surface area contributed by atoms with Crippen LogP contribution in [0.5, 0.6) is 5.75 Å². The van der Waals surface area contributed by atoms with Crippen LogP contribution >= 0.6 is 0 Å². The molecule has 17 heavy (non-hydrogen) atoms. The number of methoxy groups -OCH3 is 1. The van der Waals surface area contributed by atoms with Gasteiger partial charge in [0, 0.05) is 32.9 Å². The molecular weight excluding hydrogens is 216 g/mol. The smallest absolute Gasteiger partial charge is 0.188 e. The third-order valence-electron chi connectivity index (χ3n) is 2.23. The molecule has 0 aliphatic heterocycles. The monoisotopic (exact) mass is 238 g/mol. The number of nitrogens with zero attached hydrogens (tertiary/aromatic N) is 1. The Labute approximate surface area is 104 Å². The average molecular weight is 238 g/mol. The highest BCUT2D eigenvalue weighted by atomic mass is 16.7. The van der Waals surface area contributed by atoms with E-state index in [1.54, 1.807) is 7.11 Å². The first-order chi connectivity index (χ1) is 8.04. The Kier molecular flexibility index (Phi) is 5.10. The van der Waals surface area contributed by atoms with E-state index >= 15 is 0 Å². The summed E-state index contributed by atoms with van der Waals surface area (Å²) in [5.74, 6) is 0.825. The molecule has 1 aromatic carbocycles. The minimum Gasteiger partial charge on any atom is -0.465 e. The van der Waals surface area contributed by atoms with Crippen molar-refractivity contribution in [1.29, 1.82) is 0 Å². The number of anilines is 2. The molecule has 0 amide bonds. The first kappa shape index (κ1) is 13.6. The van der Waals surface area contributed by atoms with E-state index in [1.165, 1.54) is 0 Å². The van der Waals surface area contributed by atoms with Crippen molar-refractivity contribution in [3.05, 3.63) is 18.2 Å². The minimum absolute atomic E-state index is 0.262. The van der Waals surface area contributed by atoms with Gasteiger partial charge in [-0.2, -0.15) is 0 Å². The molecule has 0 aliphatic rings. The fourth-order valence-corrected chi connectivity index (χ4v) is 1.53. The van der Waals surface area contributed by atoms with Crippen molar-refractivity contribution in [2.45, 2.75) is 19.9 Å². The van der Waals surface area contributed by atoms with E-state index in [0.29, 0.717) is 6.04 Å². The molecule has 0 aromatic heterocycles. The van der Waals surface area contributed by atoms with Crippen molar-refractivity contribution in [1.82, 2.24) is 0 Å². The molecule has 96 valence electrons. The molecule has 0 aliphatic carbocycles. The lowest BCUT2D eigenvalue weighted by molar-refractivity contribution is 0.0515. The molecule has 4 heteroatoms. The Morgan fingerprint density at radius 2 is 2.00 bits per heavy atom. The lowest BCUT2D eigenvalue weighted by Gasteiger charge is -2.20. The highest BCUT2D eigenvalue weighted by molar-refractivity contribution is 5.65. The summed E-state index contributed by atoms with van der Waals surface area (Å²) in [7, 11) is 5.60. The van der Waals surface area contributed by atoms with Gasteiger partial charge in [0.25, 0.3) is 0 Å². The van der Waals surface area contributed by atoms with Crippen molar-refractivity contribution in [3.8, 4) is 5.75 Å². The van der Waals surface area contributed by atoms with Crippen molar-refractivity contribution in [2.75, 3.05) is 38.2 Å². The molecule has 0 bridgehead atoms. The van der Waals surface area contributed by atoms with Gasteiger partial charge in [-0.1, -0.05) is 0 Å². The lowest BCUT2D eigenvalue weighted by atomic mass is 10.2. The number of hydrogen-bond donors (Lipinski definition) is 1. The van der Waals surface area contributed by atoms with Gasteiger partial charge < -0.3 is 19.7 Å². The summed E-state index contributed by atoms with van der Waals surface area (Å²) in [5.41, 5.74) is 2.13. The summed E-state index contributed by atoms with van der Waals surface area (Å²) in [6.07, 6.45) is 0. The SMILES string of the molecule is COCOc1ccc(NC(C)C)cc1N(C)C. The molecule has 0 saturated carbocycles. The van der Waals surface area contributed by atoms with Crippen LogP contribution in [0.15, 0.2) is 18.2 Å². The number of benzene rings is 1. The van der Waals surface area contributed by atoms with Gasteiger partial charge in [-0.05, 0) is 32.0 Å². The fraction of sp³-hybridized carbons (Fsp3) is 0.538. The van der Waals surface area contributed by atoms with E-state index in [4.69, 9.17) is 9.47 Å².